The summed E-state index contributed by atoms with van der Waals surface area (Å²) >= 11 is 2.19. The maximum atomic E-state index is 12.2. The smallest absolute Gasteiger partial charge is 0.251 e. The lowest BCUT2D eigenvalue weighted by Gasteiger charge is -2.27. The Bertz CT molecular complexity index is 689. The van der Waals surface area contributed by atoms with Crippen molar-refractivity contribution in [3.8, 4) is 0 Å². The highest BCUT2D eigenvalue weighted by Crippen LogP contribution is 2.12. The summed E-state index contributed by atoms with van der Waals surface area (Å²) in [5, 5.41) is 2.86. The van der Waals surface area contributed by atoms with Crippen molar-refractivity contribution in [3.05, 3.63) is 51.5 Å². The molecule has 1 aromatic heterocycles. The molecule has 0 spiro atoms. The summed E-state index contributed by atoms with van der Waals surface area (Å²) in [4.78, 5) is 23.1. The summed E-state index contributed by atoms with van der Waals surface area (Å²) in [7, 11) is 0. The van der Waals surface area contributed by atoms with Crippen molar-refractivity contribution in [3.63, 3.8) is 0 Å². The Morgan fingerprint density at radius 2 is 2.13 bits per heavy atom. The van der Waals surface area contributed by atoms with Gasteiger partial charge in [0.2, 0.25) is 0 Å². The van der Waals surface area contributed by atoms with Crippen LogP contribution in [-0.4, -0.2) is 42.2 Å². The molecule has 1 aromatic carbocycles. The van der Waals surface area contributed by atoms with E-state index in [1.807, 2.05) is 24.3 Å². The van der Waals surface area contributed by atoms with Gasteiger partial charge in [-0.3, -0.25) is 4.79 Å². The van der Waals surface area contributed by atoms with Gasteiger partial charge in [0.1, 0.15) is 11.6 Å². The van der Waals surface area contributed by atoms with Crippen LogP contribution in [-0.2, 0) is 11.3 Å². The lowest BCUT2D eigenvalue weighted by Crippen LogP contribution is -2.37. The molecule has 1 N–H and O–H groups in total. The highest BCUT2D eigenvalue weighted by molar-refractivity contribution is 14.1. The Morgan fingerprint density at radius 3 is 2.91 bits per heavy atom. The number of anilines is 1. The minimum absolute atomic E-state index is 0.121. The number of hydrogen-bond acceptors (Lipinski definition) is 5. The molecule has 0 radical (unpaired) electrons. The molecular formula is C16H17IN4O2. The number of hydrogen-bond donors (Lipinski definition) is 1. The van der Waals surface area contributed by atoms with Gasteiger partial charge in [0.25, 0.3) is 5.91 Å². The predicted octanol–water partition coefficient (Wildman–Crippen LogP) is 1.85. The minimum Gasteiger partial charge on any atom is -0.378 e. The van der Waals surface area contributed by atoms with Gasteiger partial charge >= 0.3 is 0 Å². The van der Waals surface area contributed by atoms with Crippen LogP contribution in [0.15, 0.2) is 36.5 Å². The quantitative estimate of drug-likeness (QED) is 0.760. The van der Waals surface area contributed by atoms with Gasteiger partial charge in [-0.25, -0.2) is 9.97 Å². The minimum atomic E-state index is -0.121. The second-order valence-corrected chi connectivity index (χ2v) is 6.37. The lowest BCUT2D eigenvalue weighted by atomic mass is 10.2. The van der Waals surface area contributed by atoms with E-state index in [0.717, 1.165) is 22.5 Å². The predicted molar refractivity (Wildman–Crippen MR) is 95.4 cm³/mol. The van der Waals surface area contributed by atoms with E-state index in [-0.39, 0.29) is 5.91 Å². The second kappa shape index (κ2) is 7.69. The number of carbonyl (C=O) groups is 1. The molecule has 120 valence electrons. The third kappa shape index (κ3) is 4.38. The van der Waals surface area contributed by atoms with Crippen LogP contribution < -0.4 is 10.2 Å². The molecule has 1 saturated heterocycles. The molecule has 0 aliphatic carbocycles. The summed E-state index contributed by atoms with van der Waals surface area (Å²) < 4.78 is 6.37. The van der Waals surface area contributed by atoms with E-state index < -0.39 is 0 Å². The summed E-state index contributed by atoms with van der Waals surface area (Å²) in [6.45, 7) is 3.38. The average molecular weight is 424 g/mol. The molecule has 6 nitrogen and oxygen atoms in total. The van der Waals surface area contributed by atoms with Crippen molar-refractivity contribution >= 4 is 34.3 Å². The Morgan fingerprint density at radius 1 is 1.30 bits per heavy atom. The number of ether oxygens (including phenoxy) is 1. The molecular weight excluding hydrogens is 407 g/mol. The number of rotatable bonds is 4. The number of benzene rings is 1. The van der Waals surface area contributed by atoms with E-state index in [9.17, 15) is 4.79 Å². The van der Waals surface area contributed by atoms with Crippen molar-refractivity contribution < 1.29 is 9.53 Å². The Hall–Kier alpha value is -1.74. The number of amides is 1. The fraction of sp³-hybridized carbons (Fsp3) is 0.312. The van der Waals surface area contributed by atoms with E-state index in [4.69, 9.17) is 4.74 Å². The van der Waals surface area contributed by atoms with Crippen LogP contribution in [0.5, 0.6) is 0 Å². The van der Waals surface area contributed by atoms with Crippen LogP contribution in [0, 0.1) is 3.57 Å². The van der Waals surface area contributed by atoms with Gasteiger partial charge in [0.05, 0.1) is 19.8 Å². The highest BCUT2D eigenvalue weighted by atomic mass is 127. The van der Waals surface area contributed by atoms with Crippen molar-refractivity contribution in [2.24, 2.45) is 0 Å². The number of nitrogens with zero attached hydrogens (tertiary/aromatic N) is 3. The van der Waals surface area contributed by atoms with Crippen LogP contribution >= 0.6 is 22.6 Å². The van der Waals surface area contributed by atoms with Gasteiger partial charge in [-0.05, 0) is 46.9 Å². The highest BCUT2D eigenvalue weighted by Gasteiger charge is 2.13. The van der Waals surface area contributed by atoms with Crippen LogP contribution in [0.1, 0.15) is 16.2 Å². The fourth-order valence-corrected chi connectivity index (χ4v) is 2.88. The lowest BCUT2D eigenvalue weighted by molar-refractivity contribution is 0.0950. The first kappa shape index (κ1) is 16.1. The van der Waals surface area contributed by atoms with Gasteiger partial charge in [0, 0.05) is 28.4 Å². The number of aromatic nitrogens is 2. The van der Waals surface area contributed by atoms with Gasteiger partial charge in [0.15, 0.2) is 0 Å². The van der Waals surface area contributed by atoms with Crippen molar-refractivity contribution in [1.82, 2.24) is 15.3 Å². The zero-order valence-corrected chi connectivity index (χ0v) is 14.7. The molecule has 1 aliphatic rings. The molecule has 1 aliphatic heterocycles. The van der Waals surface area contributed by atoms with Crippen molar-refractivity contribution in [2.75, 3.05) is 31.2 Å². The molecule has 1 fully saturated rings. The fourth-order valence-electron chi connectivity index (χ4n) is 2.33. The SMILES string of the molecule is O=C(NCc1nccc(N2CCOCC2)n1)c1cccc(I)c1. The maximum absolute atomic E-state index is 12.2. The Labute approximate surface area is 148 Å². The first-order valence-corrected chi connectivity index (χ1v) is 8.48. The molecule has 0 unspecified atom stereocenters. The molecule has 0 atom stereocenters. The number of morpholine rings is 1. The Kier molecular flexibility index (Phi) is 5.39. The third-order valence-electron chi connectivity index (χ3n) is 3.52. The zero-order valence-electron chi connectivity index (χ0n) is 12.5. The third-order valence-corrected chi connectivity index (χ3v) is 4.19. The molecule has 2 aromatic rings. The number of nitrogens with one attached hydrogen (secondary N) is 1. The van der Waals surface area contributed by atoms with Gasteiger partial charge in [-0.1, -0.05) is 6.07 Å². The summed E-state index contributed by atoms with van der Waals surface area (Å²) in [5.74, 6) is 1.36. The summed E-state index contributed by atoms with van der Waals surface area (Å²) in [5.41, 5.74) is 0.640. The standard InChI is InChI=1S/C16H17IN4O2/c17-13-3-1-2-12(10-13)16(22)19-11-14-18-5-4-15(20-14)21-6-8-23-9-7-21/h1-5,10H,6-9,11H2,(H,19,22). The first-order valence-electron chi connectivity index (χ1n) is 7.41. The molecule has 2 heterocycles. The maximum Gasteiger partial charge on any atom is 0.251 e. The van der Waals surface area contributed by atoms with Crippen LogP contribution in [0.2, 0.25) is 0 Å². The zero-order chi connectivity index (χ0) is 16.1. The molecule has 0 saturated carbocycles. The number of carbonyl (C=O) groups excluding carboxylic acids is 1. The van der Waals surface area contributed by atoms with Crippen molar-refractivity contribution in [1.29, 1.82) is 0 Å². The van der Waals surface area contributed by atoms with Gasteiger partial charge in [-0.2, -0.15) is 0 Å². The molecule has 0 bridgehead atoms. The summed E-state index contributed by atoms with van der Waals surface area (Å²) in [6, 6.07) is 9.35. The van der Waals surface area contributed by atoms with Gasteiger partial charge < -0.3 is 15.0 Å². The second-order valence-electron chi connectivity index (χ2n) is 5.12. The first-order chi connectivity index (χ1) is 11.2. The van der Waals surface area contributed by atoms with E-state index in [2.05, 4.69) is 42.8 Å². The molecule has 1 amide bonds. The van der Waals surface area contributed by atoms with E-state index in [1.165, 1.54) is 0 Å². The average Bonchev–Trinajstić information content (AvgIpc) is 2.61. The summed E-state index contributed by atoms with van der Waals surface area (Å²) in [6.07, 6.45) is 1.73. The largest absolute Gasteiger partial charge is 0.378 e. The van der Waals surface area contributed by atoms with E-state index >= 15 is 0 Å². The molecule has 3 rings (SSSR count). The normalized spacial score (nSPS) is 14.6. The van der Waals surface area contributed by atoms with E-state index in [0.29, 0.717) is 31.1 Å². The number of halogens is 1. The monoisotopic (exact) mass is 424 g/mol. The van der Waals surface area contributed by atoms with Crippen molar-refractivity contribution in [2.45, 2.75) is 6.54 Å². The van der Waals surface area contributed by atoms with E-state index in [1.54, 1.807) is 12.3 Å². The van der Waals surface area contributed by atoms with Crippen LogP contribution in [0.3, 0.4) is 0 Å². The molecule has 23 heavy (non-hydrogen) atoms. The van der Waals surface area contributed by atoms with Crippen LogP contribution in [0.25, 0.3) is 0 Å². The van der Waals surface area contributed by atoms with Gasteiger partial charge in [-0.15, -0.1) is 0 Å². The Balaban J connectivity index is 1.63. The van der Waals surface area contributed by atoms with Crippen LogP contribution in [0.4, 0.5) is 5.82 Å². The topological polar surface area (TPSA) is 67.4 Å². The molecule has 7 heteroatoms.